The van der Waals surface area contributed by atoms with Crippen LogP contribution in [0.3, 0.4) is 0 Å². The van der Waals surface area contributed by atoms with E-state index in [4.69, 9.17) is 21.7 Å². The van der Waals surface area contributed by atoms with Crippen molar-refractivity contribution in [2.75, 3.05) is 6.54 Å². The van der Waals surface area contributed by atoms with E-state index >= 15 is 0 Å². The summed E-state index contributed by atoms with van der Waals surface area (Å²) in [5.74, 6) is -1.97. The van der Waals surface area contributed by atoms with Crippen LogP contribution in [-0.2, 0) is 9.59 Å². The molecule has 21 heavy (non-hydrogen) atoms. The standard InChI is InChI=1S/C12H25N5O4/c1-7(2)6-9(11(20)21)17-16-8(10(18)19)4-3-5-15-12(13)14/h7-9,16-17H,3-6H2,1-2H3,(H,18,19)(H,20,21)(H4,13,14,15)/t8-,9-/m0/s1. The van der Waals surface area contributed by atoms with Crippen molar-refractivity contribution in [2.24, 2.45) is 22.4 Å². The van der Waals surface area contributed by atoms with Crippen molar-refractivity contribution in [3.8, 4) is 0 Å². The summed E-state index contributed by atoms with van der Waals surface area (Å²) in [5.41, 5.74) is 15.4. The second kappa shape index (κ2) is 9.94. The molecule has 0 saturated heterocycles. The lowest BCUT2D eigenvalue weighted by atomic mass is 10.0. The van der Waals surface area contributed by atoms with Crippen LogP contribution in [0.25, 0.3) is 0 Å². The third-order valence-electron chi connectivity index (χ3n) is 2.68. The van der Waals surface area contributed by atoms with Crippen LogP contribution in [0.2, 0.25) is 0 Å². The largest absolute Gasteiger partial charge is 0.480 e. The van der Waals surface area contributed by atoms with E-state index < -0.39 is 24.0 Å². The number of rotatable bonds is 11. The van der Waals surface area contributed by atoms with E-state index in [2.05, 4.69) is 15.8 Å². The summed E-state index contributed by atoms with van der Waals surface area (Å²) in [5, 5.41) is 18.1. The first-order chi connectivity index (χ1) is 9.73. The molecular weight excluding hydrogens is 278 g/mol. The molecule has 0 aliphatic heterocycles. The molecule has 0 aromatic carbocycles. The molecule has 8 N–H and O–H groups in total. The normalized spacial score (nSPS) is 13.7. The van der Waals surface area contributed by atoms with Gasteiger partial charge in [-0.25, -0.2) is 10.9 Å². The molecule has 0 saturated carbocycles. The van der Waals surface area contributed by atoms with Gasteiger partial charge in [-0.3, -0.25) is 14.6 Å². The fourth-order valence-electron chi connectivity index (χ4n) is 1.66. The topological polar surface area (TPSA) is 163 Å². The van der Waals surface area contributed by atoms with Crippen molar-refractivity contribution < 1.29 is 19.8 Å². The number of carboxylic acids is 2. The van der Waals surface area contributed by atoms with E-state index in [0.717, 1.165) is 0 Å². The first kappa shape index (κ1) is 19.1. The zero-order valence-corrected chi connectivity index (χ0v) is 12.4. The lowest BCUT2D eigenvalue weighted by Crippen LogP contribution is -2.52. The molecule has 0 spiro atoms. The molecule has 0 fully saturated rings. The number of carbonyl (C=O) groups is 2. The van der Waals surface area contributed by atoms with Gasteiger partial charge in [-0.2, -0.15) is 0 Å². The molecule has 0 aromatic heterocycles. The molecule has 0 radical (unpaired) electrons. The van der Waals surface area contributed by atoms with E-state index in [1.54, 1.807) is 0 Å². The van der Waals surface area contributed by atoms with E-state index in [1.165, 1.54) is 0 Å². The maximum atomic E-state index is 11.1. The van der Waals surface area contributed by atoms with Crippen LogP contribution >= 0.6 is 0 Å². The average molecular weight is 303 g/mol. The summed E-state index contributed by atoms with van der Waals surface area (Å²) in [7, 11) is 0. The van der Waals surface area contributed by atoms with Crippen LogP contribution in [0.5, 0.6) is 0 Å². The van der Waals surface area contributed by atoms with Crippen molar-refractivity contribution in [3.63, 3.8) is 0 Å². The monoisotopic (exact) mass is 303 g/mol. The summed E-state index contributed by atoms with van der Waals surface area (Å²) in [4.78, 5) is 25.9. The third-order valence-corrected chi connectivity index (χ3v) is 2.68. The van der Waals surface area contributed by atoms with Gasteiger partial charge in [0.15, 0.2) is 5.96 Å². The number of nitrogens with zero attached hydrogens (tertiary/aromatic N) is 1. The van der Waals surface area contributed by atoms with Crippen LogP contribution in [0.15, 0.2) is 4.99 Å². The van der Waals surface area contributed by atoms with Crippen LogP contribution in [0.4, 0.5) is 0 Å². The second-order valence-corrected chi connectivity index (χ2v) is 5.15. The predicted molar refractivity (Wildman–Crippen MR) is 78.5 cm³/mol. The van der Waals surface area contributed by atoms with Crippen LogP contribution in [0.1, 0.15) is 33.1 Å². The zero-order valence-electron chi connectivity index (χ0n) is 12.4. The first-order valence-electron chi connectivity index (χ1n) is 6.76. The van der Waals surface area contributed by atoms with Gasteiger partial charge in [0, 0.05) is 6.54 Å². The van der Waals surface area contributed by atoms with Crippen molar-refractivity contribution >= 4 is 17.9 Å². The first-order valence-corrected chi connectivity index (χ1v) is 6.76. The Balaban J connectivity index is 4.32. The Morgan fingerprint density at radius 2 is 1.62 bits per heavy atom. The van der Waals surface area contributed by atoms with E-state index in [-0.39, 0.29) is 18.3 Å². The summed E-state index contributed by atoms with van der Waals surface area (Å²) in [6.07, 6.45) is 1.13. The highest BCUT2D eigenvalue weighted by Gasteiger charge is 2.22. The smallest absolute Gasteiger partial charge is 0.322 e. The number of nitrogens with one attached hydrogen (secondary N) is 2. The minimum absolute atomic E-state index is 0.0455. The van der Waals surface area contributed by atoms with Gasteiger partial charge in [0.25, 0.3) is 0 Å². The molecule has 2 atom stereocenters. The van der Waals surface area contributed by atoms with Crippen molar-refractivity contribution in [3.05, 3.63) is 0 Å². The molecule has 0 aromatic rings. The lowest BCUT2D eigenvalue weighted by molar-refractivity contribution is -0.143. The van der Waals surface area contributed by atoms with Crippen LogP contribution < -0.4 is 22.3 Å². The van der Waals surface area contributed by atoms with Crippen molar-refractivity contribution in [1.82, 2.24) is 10.9 Å². The highest BCUT2D eigenvalue weighted by Crippen LogP contribution is 2.05. The lowest BCUT2D eigenvalue weighted by Gasteiger charge is -2.20. The molecule has 0 aliphatic carbocycles. The summed E-state index contributed by atoms with van der Waals surface area (Å²) >= 11 is 0. The molecule has 122 valence electrons. The molecular formula is C12H25N5O4. The Bertz CT molecular complexity index is 369. The maximum Gasteiger partial charge on any atom is 0.322 e. The maximum absolute atomic E-state index is 11.1. The van der Waals surface area contributed by atoms with Crippen LogP contribution in [0, 0.1) is 5.92 Å². The Morgan fingerprint density at radius 1 is 1.10 bits per heavy atom. The number of hydrazine groups is 1. The SMILES string of the molecule is CC(C)C[C@H](NN[C@@H](CCCN=C(N)N)C(=O)O)C(=O)O. The van der Waals surface area contributed by atoms with Gasteiger partial charge in [-0.05, 0) is 25.2 Å². The van der Waals surface area contributed by atoms with Gasteiger partial charge in [0.2, 0.25) is 0 Å². The zero-order chi connectivity index (χ0) is 16.4. The van der Waals surface area contributed by atoms with Gasteiger partial charge in [-0.1, -0.05) is 13.8 Å². The molecule has 9 nitrogen and oxygen atoms in total. The van der Waals surface area contributed by atoms with Crippen molar-refractivity contribution in [2.45, 2.75) is 45.2 Å². The fraction of sp³-hybridized carbons (Fsp3) is 0.750. The molecule has 0 rings (SSSR count). The Hall–Kier alpha value is -1.87. The summed E-state index contributed by atoms with van der Waals surface area (Å²) in [6, 6.07) is -1.75. The van der Waals surface area contributed by atoms with Gasteiger partial charge in [0.1, 0.15) is 12.1 Å². The number of guanidine groups is 1. The second-order valence-electron chi connectivity index (χ2n) is 5.15. The number of carboxylic acid groups (broad SMARTS) is 2. The number of nitrogens with two attached hydrogens (primary N) is 2. The van der Waals surface area contributed by atoms with E-state index in [0.29, 0.717) is 19.4 Å². The van der Waals surface area contributed by atoms with Gasteiger partial charge in [-0.15, -0.1) is 0 Å². The summed E-state index contributed by atoms with van der Waals surface area (Å²) in [6.45, 7) is 4.10. The average Bonchev–Trinajstić information content (AvgIpc) is 2.34. The highest BCUT2D eigenvalue weighted by atomic mass is 16.4. The minimum atomic E-state index is -1.07. The van der Waals surface area contributed by atoms with Crippen LogP contribution in [-0.4, -0.2) is 46.7 Å². The number of hydrogen-bond donors (Lipinski definition) is 6. The molecule has 9 heteroatoms. The molecule has 0 aliphatic rings. The Morgan fingerprint density at radius 3 is 2.05 bits per heavy atom. The Kier molecular flexibility index (Phi) is 9.06. The fourth-order valence-corrected chi connectivity index (χ4v) is 1.66. The molecule has 0 bridgehead atoms. The summed E-state index contributed by atoms with van der Waals surface area (Å²) < 4.78 is 0. The molecule has 0 amide bonds. The van der Waals surface area contributed by atoms with E-state index in [1.807, 2.05) is 13.8 Å². The number of hydrogen-bond acceptors (Lipinski definition) is 5. The van der Waals surface area contributed by atoms with Gasteiger partial charge in [0.05, 0.1) is 0 Å². The highest BCUT2D eigenvalue weighted by molar-refractivity contribution is 5.76. The van der Waals surface area contributed by atoms with Gasteiger partial charge >= 0.3 is 11.9 Å². The quantitative estimate of drug-likeness (QED) is 0.124. The number of aliphatic imine (C=N–C) groups is 1. The van der Waals surface area contributed by atoms with Gasteiger partial charge < -0.3 is 21.7 Å². The molecule has 0 unspecified atom stereocenters. The molecule has 0 heterocycles. The minimum Gasteiger partial charge on any atom is -0.480 e. The Labute approximate surface area is 123 Å². The van der Waals surface area contributed by atoms with Crippen molar-refractivity contribution in [1.29, 1.82) is 0 Å². The third kappa shape index (κ3) is 9.63. The van der Waals surface area contributed by atoms with E-state index in [9.17, 15) is 9.59 Å². The number of aliphatic carboxylic acids is 2. The predicted octanol–water partition coefficient (Wildman–Crippen LogP) is -0.913.